The molecule has 2 aromatic rings. The van der Waals surface area contributed by atoms with Gasteiger partial charge in [0, 0.05) is 44.4 Å². The van der Waals surface area contributed by atoms with E-state index >= 15 is 0 Å². The van der Waals surface area contributed by atoms with Crippen LogP contribution >= 0.6 is 0 Å². The van der Waals surface area contributed by atoms with Crippen LogP contribution in [0.4, 0.5) is 21.0 Å². The third kappa shape index (κ3) is 14.6. The lowest BCUT2D eigenvalue weighted by Crippen LogP contribution is -2.42. The van der Waals surface area contributed by atoms with Crippen LogP contribution in [0.5, 0.6) is 0 Å². The first-order valence-electron chi connectivity index (χ1n) is 19.1. The zero-order chi connectivity index (χ0) is 40.8. The number of nitrogens with zero attached hydrogens (tertiary/aromatic N) is 2. The molecule has 1 aliphatic heterocycles. The zero-order valence-corrected chi connectivity index (χ0v) is 33.7. The van der Waals surface area contributed by atoms with Gasteiger partial charge in [0.1, 0.15) is 17.2 Å². The molecule has 0 saturated heterocycles. The van der Waals surface area contributed by atoms with Gasteiger partial charge in [-0.2, -0.15) is 0 Å². The summed E-state index contributed by atoms with van der Waals surface area (Å²) >= 11 is 0. The van der Waals surface area contributed by atoms with Crippen LogP contribution < -0.4 is 20.9 Å². The number of unbranched alkanes of at least 4 members (excludes halogenated alkanes) is 3. The van der Waals surface area contributed by atoms with Crippen molar-refractivity contribution >= 4 is 47.3 Å². The van der Waals surface area contributed by atoms with Gasteiger partial charge in [-0.25, -0.2) is 9.59 Å². The Labute approximate surface area is 325 Å². The van der Waals surface area contributed by atoms with Crippen molar-refractivity contribution in [3.63, 3.8) is 0 Å². The average Bonchev–Trinajstić information content (AvgIpc) is 3.16. The minimum atomic E-state index is -1.16. The first-order valence-corrected chi connectivity index (χ1v) is 19.1. The minimum Gasteiger partial charge on any atom is -0.466 e. The van der Waals surface area contributed by atoms with E-state index < -0.39 is 47.2 Å². The van der Waals surface area contributed by atoms with E-state index in [1.165, 1.54) is 9.80 Å². The number of alkyl carbamates (subject to hydrolysis) is 2. The molecule has 2 aromatic carbocycles. The second-order valence-corrected chi connectivity index (χ2v) is 15.5. The molecule has 1 unspecified atom stereocenters. The van der Waals surface area contributed by atoms with Crippen molar-refractivity contribution in [2.24, 2.45) is 0 Å². The zero-order valence-electron chi connectivity index (χ0n) is 33.7. The molecule has 0 aliphatic carbocycles. The van der Waals surface area contributed by atoms with Gasteiger partial charge in [0.2, 0.25) is 5.91 Å². The predicted octanol–water partition coefficient (Wildman–Crippen LogP) is 6.67. The second-order valence-electron chi connectivity index (χ2n) is 15.5. The van der Waals surface area contributed by atoms with E-state index in [0.717, 1.165) is 31.2 Å². The number of anilines is 2. The van der Waals surface area contributed by atoms with Gasteiger partial charge in [0.25, 0.3) is 11.8 Å². The van der Waals surface area contributed by atoms with Crippen molar-refractivity contribution in [3.05, 3.63) is 59.2 Å². The van der Waals surface area contributed by atoms with Crippen molar-refractivity contribution in [1.29, 1.82) is 0 Å². The molecule has 1 atom stereocenters. The fraction of sp³-hybridized carbons (Fsp3) is 0.561. The van der Waals surface area contributed by atoms with E-state index in [1.54, 1.807) is 65.1 Å². The van der Waals surface area contributed by atoms with E-state index in [0.29, 0.717) is 41.9 Å². The lowest BCUT2D eigenvalue weighted by Gasteiger charge is -2.31. The molecule has 0 aromatic heterocycles. The Balaban J connectivity index is 1.76. The molecule has 302 valence electrons. The summed E-state index contributed by atoms with van der Waals surface area (Å²) in [5.74, 6) is -1.68. The molecule has 1 heterocycles. The number of nitrogens with one attached hydrogen (secondary N) is 3. The molecule has 0 fully saturated rings. The number of hydrogen-bond acceptors (Lipinski definition) is 9. The molecule has 14 heteroatoms. The Bertz CT molecular complexity index is 1660. The summed E-state index contributed by atoms with van der Waals surface area (Å²) in [5.41, 5.74) is 1.25. The average molecular weight is 766 g/mol. The maximum Gasteiger partial charge on any atom is 0.407 e. The standard InChI is InChI=1S/C41H59N5O9/c1-9-53-34(48)23-26-46-35(29-18-13-14-19-31(29)44-33(47)20-16-25-43-39(52)55-41(5,6)7)37(50)45(8)32-22-21-28(27-30(32)36(46)49)17-12-10-11-15-24-42-38(51)54-40(2,3)4/h13-14,18-19,21-22,27,35H,9-12,15-17,20,23-26H2,1-8H3,(H,42,51)(H,43,52)(H,44,47). The maximum absolute atomic E-state index is 14.5. The molecular weight excluding hydrogens is 706 g/mol. The number of carbonyl (C=O) groups excluding carboxylic acids is 6. The molecule has 14 nitrogen and oxygen atoms in total. The quantitative estimate of drug-likeness (QED) is 0.0904. The number of carbonyl (C=O) groups is 6. The Hall–Kier alpha value is -5.14. The molecule has 3 N–H and O–H groups in total. The first kappa shape index (κ1) is 44.3. The number of benzene rings is 2. The molecule has 0 radical (unpaired) electrons. The fourth-order valence-electron chi connectivity index (χ4n) is 6.01. The van der Waals surface area contributed by atoms with Gasteiger partial charge in [-0.3, -0.25) is 19.2 Å². The SMILES string of the molecule is CCOC(=O)CCN1C(=O)c2cc(CCCCCCNC(=O)OC(C)(C)C)ccc2N(C)C(=O)C1c1ccccc1NC(=O)CCCNC(=O)OC(C)(C)C. The minimum absolute atomic E-state index is 0.0747. The van der Waals surface area contributed by atoms with Crippen LogP contribution in [0.3, 0.4) is 0 Å². The highest BCUT2D eigenvalue weighted by Gasteiger charge is 2.40. The first-order chi connectivity index (χ1) is 25.9. The molecular formula is C41H59N5O9. The Kier molecular flexibility index (Phi) is 16.5. The van der Waals surface area contributed by atoms with Gasteiger partial charge >= 0.3 is 18.2 Å². The van der Waals surface area contributed by atoms with E-state index in [9.17, 15) is 28.8 Å². The summed E-state index contributed by atoms with van der Waals surface area (Å²) in [7, 11) is 1.61. The lowest BCUT2D eigenvalue weighted by atomic mass is 10.00. The number of esters is 1. The summed E-state index contributed by atoms with van der Waals surface area (Å²) in [4.78, 5) is 81.2. The van der Waals surface area contributed by atoms with Crippen LogP contribution in [-0.2, 0) is 35.0 Å². The van der Waals surface area contributed by atoms with Gasteiger partial charge in [0.15, 0.2) is 0 Å². The predicted molar refractivity (Wildman–Crippen MR) is 210 cm³/mol. The number of rotatable bonds is 17. The molecule has 0 saturated carbocycles. The summed E-state index contributed by atoms with van der Waals surface area (Å²) < 4.78 is 15.7. The van der Waals surface area contributed by atoms with Crippen LogP contribution in [0.15, 0.2) is 42.5 Å². The Morgan fingerprint density at radius 3 is 2.04 bits per heavy atom. The highest BCUT2D eigenvalue weighted by Crippen LogP contribution is 2.37. The molecule has 55 heavy (non-hydrogen) atoms. The number of para-hydroxylation sites is 1. The van der Waals surface area contributed by atoms with Crippen molar-refractivity contribution in [2.45, 2.75) is 117 Å². The monoisotopic (exact) mass is 765 g/mol. The summed E-state index contributed by atoms with van der Waals surface area (Å²) in [6.07, 6.45) is 3.45. The molecule has 3 rings (SSSR count). The van der Waals surface area contributed by atoms with Crippen LogP contribution in [-0.4, -0.2) is 85.3 Å². The molecule has 1 aliphatic rings. The number of ether oxygens (including phenoxy) is 3. The normalized spacial score (nSPS) is 14.4. The Morgan fingerprint density at radius 2 is 1.40 bits per heavy atom. The van der Waals surface area contributed by atoms with E-state index in [1.807, 2.05) is 32.9 Å². The fourth-order valence-corrected chi connectivity index (χ4v) is 6.01. The van der Waals surface area contributed by atoms with E-state index in [-0.39, 0.29) is 38.4 Å². The van der Waals surface area contributed by atoms with E-state index in [4.69, 9.17) is 14.2 Å². The van der Waals surface area contributed by atoms with Gasteiger partial charge in [-0.1, -0.05) is 37.1 Å². The van der Waals surface area contributed by atoms with Crippen molar-refractivity contribution < 1.29 is 43.0 Å². The summed E-state index contributed by atoms with van der Waals surface area (Å²) in [6.45, 7) is 13.3. The van der Waals surface area contributed by atoms with Crippen molar-refractivity contribution in [2.75, 3.05) is 43.5 Å². The van der Waals surface area contributed by atoms with E-state index in [2.05, 4.69) is 16.0 Å². The van der Waals surface area contributed by atoms with Gasteiger partial charge in [-0.05, 0) is 97.9 Å². The highest BCUT2D eigenvalue weighted by atomic mass is 16.6. The van der Waals surface area contributed by atoms with Crippen molar-refractivity contribution in [3.8, 4) is 0 Å². The highest BCUT2D eigenvalue weighted by molar-refractivity contribution is 6.11. The van der Waals surface area contributed by atoms with Gasteiger partial charge < -0.3 is 40.0 Å². The van der Waals surface area contributed by atoms with Crippen LogP contribution in [0, 0.1) is 0 Å². The van der Waals surface area contributed by atoms with Gasteiger partial charge in [-0.15, -0.1) is 0 Å². The summed E-state index contributed by atoms with van der Waals surface area (Å²) in [5, 5.41) is 8.30. The summed E-state index contributed by atoms with van der Waals surface area (Å²) in [6, 6.07) is 11.1. The topological polar surface area (TPSA) is 173 Å². The third-order valence-corrected chi connectivity index (χ3v) is 8.49. The van der Waals surface area contributed by atoms with Gasteiger partial charge in [0.05, 0.1) is 24.3 Å². The van der Waals surface area contributed by atoms with Crippen LogP contribution in [0.2, 0.25) is 0 Å². The number of aryl methyl sites for hydroxylation is 1. The number of amides is 5. The smallest absolute Gasteiger partial charge is 0.407 e. The molecule has 5 amide bonds. The Morgan fingerprint density at radius 1 is 0.782 bits per heavy atom. The van der Waals surface area contributed by atoms with Crippen LogP contribution in [0.1, 0.15) is 121 Å². The number of likely N-dealkylation sites (N-methyl/N-ethyl adjacent to an activating group) is 1. The number of hydrogen-bond donors (Lipinski definition) is 3. The maximum atomic E-state index is 14.5. The molecule has 0 bridgehead atoms. The largest absolute Gasteiger partial charge is 0.466 e. The van der Waals surface area contributed by atoms with Crippen LogP contribution in [0.25, 0.3) is 0 Å². The number of fused-ring (bicyclic) bond motifs is 1. The lowest BCUT2D eigenvalue weighted by molar-refractivity contribution is -0.143. The third-order valence-electron chi connectivity index (χ3n) is 8.49. The molecule has 0 spiro atoms. The van der Waals surface area contributed by atoms with Crippen molar-refractivity contribution in [1.82, 2.24) is 15.5 Å². The second kappa shape index (κ2) is 20.5.